The van der Waals surface area contributed by atoms with Crippen LogP contribution in [0, 0.1) is 0 Å². The number of hydrogen-bond donors (Lipinski definition) is 1. The molecular weight excluding hydrogens is 360 g/mol. The number of benzene rings is 3. The van der Waals surface area contributed by atoms with Crippen molar-refractivity contribution in [1.82, 2.24) is 4.90 Å². The second kappa shape index (κ2) is 7.92. The van der Waals surface area contributed by atoms with Gasteiger partial charge in [0.25, 0.3) is 0 Å². The lowest BCUT2D eigenvalue weighted by Crippen LogP contribution is -2.43. The number of carbonyl (C=O) groups is 1. The summed E-state index contributed by atoms with van der Waals surface area (Å²) in [5.74, 6) is -0.105. The van der Waals surface area contributed by atoms with Gasteiger partial charge in [-0.25, -0.2) is 4.79 Å². The van der Waals surface area contributed by atoms with Crippen LogP contribution in [-0.4, -0.2) is 27.4 Å². The van der Waals surface area contributed by atoms with Gasteiger partial charge in [0.05, 0.1) is 6.04 Å². The molecule has 0 saturated heterocycles. The van der Waals surface area contributed by atoms with Gasteiger partial charge in [0, 0.05) is 13.0 Å². The van der Waals surface area contributed by atoms with Gasteiger partial charge in [0.1, 0.15) is 5.84 Å². The molecule has 4 heteroatoms. The first-order chi connectivity index (χ1) is 14.1. The summed E-state index contributed by atoms with van der Waals surface area (Å²) in [6.07, 6.45) is 0.597. The Hall–Kier alpha value is -3.40. The molecule has 3 aromatic rings. The maximum atomic E-state index is 12.4. The molecule has 0 fully saturated rings. The predicted octanol–water partition coefficient (Wildman–Crippen LogP) is 4.73. The summed E-state index contributed by atoms with van der Waals surface area (Å²) in [7, 11) is 0. The third kappa shape index (κ3) is 3.79. The van der Waals surface area contributed by atoms with Crippen LogP contribution in [-0.2, 0) is 17.8 Å². The van der Waals surface area contributed by atoms with Crippen molar-refractivity contribution in [2.45, 2.75) is 31.5 Å². The van der Waals surface area contributed by atoms with Crippen LogP contribution < -0.4 is 0 Å². The minimum absolute atomic E-state index is 0.375. The van der Waals surface area contributed by atoms with Crippen LogP contribution in [0.4, 0.5) is 0 Å². The van der Waals surface area contributed by atoms with E-state index in [0.717, 1.165) is 22.5 Å². The number of nitrogens with zero attached hydrogens (tertiary/aromatic N) is 2. The molecule has 146 valence electrons. The zero-order valence-corrected chi connectivity index (χ0v) is 16.4. The Bertz CT molecular complexity index is 1000. The van der Waals surface area contributed by atoms with Crippen LogP contribution in [0.1, 0.15) is 29.7 Å². The van der Waals surface area contributed by atoms with E-state index in [0.29, 0.717) is 13.0 Å². The van der Waals surface area contributed by atoms with E-state index in [4.69, 9.17) is 4.99 Å². The first-order valence-electron chi connectivity index (χ1n) is 9.79. The third-order valence-electron chi connectivity index (χ3n) is 5.49. The fourth-order valence-corrected chi connectivity index (χ4v) is 4.03. The molecule has 0 bridgehead atoms. The maximum absolute atomic E-state index is 12.4. The molecule has 0 aromatic heterocycles. The van der Waals surface area contributed by atoms with Gasteiger partial charge in [-0.15, -0.1) is 0 Å². The topological polar surface area (TPSA) is 52.9 Å². The number of aliphatic carboxylic acids is 1. The largest absolute Gasteiger partial charge is 0.479 e. The first kappa shape index (κ1) is 18.9. The van der Waals surface area contributed by atoms with Crippen molar-refractivity contribution in [3.05, 3.63) is 108 Å². The monoisotopic (exact) mass is 384 g/mol. The molecule has 1 aliphatic heterocycles. The average Bonchev–Trinajstić information content (AvgIpc) is 3.02. The summed E-state index contributed by atoms with van der Waals surface area (Å²) in [4.78, 5) is 19.3. The van der Waals surface area contributed by atoms with E-state index in [2.05, 4.69) is 29.2 Å². The molecule has 0 aliphatic carbocycles. The molecule has 0 amide bonds. The number of aliphatic imine (C=N–C) groups is 1. The zero-order chi connectivity index (χ0) is 20.3. The lowest BCUT2D eigenvalue weighted by Gasteiger charge is -2.34. The van der Waals surface area contributed by atoms with Crippen LogP contribution in [0.2, 0.25) is 0 Å². The smallest absolute Gasteiger partial charge is 0.333 e. The molecule has 1 N–H and O–H groups in total. The second-order valence-corrected chi connectivity index (χ2v) is 7.57. The van der Waals surface area contributed by atoms with Crippen molar-refractivity contribution in [3.63, 3.8) is 0 Å². The van der Waals surface area contributed by atoms with Crippen LogP contribution >= 0.6 is 0 Å². The Morgan fingerprint density at radius 1 is 0.897 bits per heavy atom. The Balaban J connectivity index is 1.79. The van der Waals surface area contributed by atoms with E-state index in [1.165, 1.54) is 0 Å². The van der Waals surface area contributed by atoms with Crippen LogP contribution in [0.3, 0.4) is 0 Å². The molecule has 0 unspecified atom stereocenters. The van der Waals surface area contributed by atoms with Crippen molar-refractivity contribution >= 4 is 11.8 Å². The van der Waals surface area contributed by atoms with E-state index in [1.807, 2.05) is 66.7 Å². The molecular formula is C25H24N2O2. The van der Waals surface area contributed by atoms with Crippen LogP contribution in [0.25, 0.3) is 0 Å². The lowest BCUT2D eigenvalue weighted by atomic mass is 9.87. The van der Waals surface area contributed by atoms with E-state index in [1.54, 1.807) is 6.92 Å². The summed E-state index contributed by atoms with van der Waals surface area (Å²) in [5, 5.41) is 10.1. The van der Waals surface area contributed by atoms with E-state index in [9.17, 15) is 9.90 Å². The minimum atomic E-state index is -1.25. The molecule has 29 heavy (non-hydrogen) atoms. The lowest BCUT2D eigenvalue weighted by molar-refractivity contribution is -0.144. The first-order valence-corrected chi connectivity index (χ1v) is 9.79. The van der Waals surface area contributed by atoms with Gasteiger partial charge < -0.3 is 10.0 Å². The van der Waals surface area contributed by atoms with Gasteiger partial charge in [-0.3, -0.25) is 4.99 Å². The Kier molecular flexibility index (Phi) is 5.17. The summed E-state index contributed by atoms with van der Waals surface area (Å²) >= 11 is 0. The van der Waals surface area contributed by atoms with Crippen molar-refractivity contribution < 1.29 is 9.90 Å². The van der Waals surface area contributed by atoms with Gasteiger partial charge in [0.2, 0.25) is 0 Å². The standard InChI is InChI=1S/C25H24N2O2/c1-25(24(28)29)23(21-15-9-4-10-16-21)27(18-20-13-7-3-8-14-20)22(26-25)17-19-11-5-2-6-12-19/h2-16,23H,17-18H2,1H3,(H,28,29)/t23-,25+/m1/s1. The van der Waals surface area contributed by atoms with Crippen LogP contribution in [0.5, 0.6) is 0 Å². The normalized spacial score (nSPS) is 21.1. The second-order valence-electron chi connectivity index (χ2n) is 7.57. The van der Waals surface area contributed by atoms with Crippen LogP contribution in [0.15, 0.2) is 96.0 Å². The van der Waals surface area contributed by atoms with Crippen molar-refractivity contribution in [1.29, 1.82) is 0 Å². The molecule has 0 radical (unpaired) electrons. The number of amidine groups is 1. The fourth-order valence-electron chi connectivity index (χ4n) is 4.03. The Morgan fingerprint density at radius 3 is 1.97 bits per heavy atom. The third-order valence-corrected chi connectivity index (χ3v) is 5.49. The highest BCUT2D eigenvalue weighted by atomic mass is 16.4. The summed E-state index contributed by atoms with van der Waals surface area (Å²) in [5.41, 5.74) is 1.95. The average molecular weight is 384 g/mol. The zero-order valence-electron chi connectivity index (χ0n) is 16.4. The number of hydrogen-bond acceptors (Lipinski definition) is 3. The molecule has 4 nitrogen and oxygen atoms in total. The molecule has 1 heterocycles. The van der Waals surface area contributed by atoms with Gasteiger partial charge >= 0.3 is 5.97 Å². The van der Waals surface area contributed by atoms with E-state index in [-0.39, 0.29) is 6.04 Å². The predicted molar refractivity (Wildman–Crippen MR) is 115 cm³/mol. The van der Waals surface area contributed by atoms with Gasteiger partial charge in [-0.05, 0) is 23.6 Å². The molecule has 4 rings (SSSR count). The summed E-state index contributed by atoms with van der Waals surface area (Å²) < 4.78 is 0. The van der Waals surface area contributed by atoms with E-state index < -0.39 is 11.5 Å². The van der Waals surface area contributed by atoms with Crippen molar-refractivity contribution in [2.24, 2.45) is 4.99 Å². The molecule has 2 atom stereocenters. The number of rotatable bonds is 6. The van der Waals surface area contributed by atoms with Gasteiger partial charge in [-0.2, -0.15) is 0 Å². The molecule has 3 aromatic carbocycles. The number of carboxylic acid groups (broad SMARTS) is 1. The van der Waals surface area contributed by atoms with Gasteiger partial charge in [-0.1, -0.05) is 91.0 Å². The Labute approximate surface area is 171 Å². The number of carboxylic acids is 1. The highest BCUT2D eigenvalue weighted by molar-refractivity contribution is 5.94. The van der Waals surface area contributed by atoms with Crippen molar-refractivity contribution in [2.75, 3.05) is 0 Å². The SMILES string of the molecule is C[C@]1(C(=O)O)N=C(Cc2ccccc2)N(Cc2ccccc2)[C@@H]1c1ccccc1. The summed E-state index contributed by atoms with van der Waals surface area (Å²) in [6.45, 7) is 2.33. The Morgan fingerprint density at radius 2 is 1.41 bits per heavy atom. The highest BCUT2D eigenvalue weighted by Crippen LogP contribution is 2.42. The van der Waals surface area contributed by atoms with E-state index >= 15 is 0 Å². The maximum Gasteiger partial charge on any atom is 0.333 e. The fraction of sp³-hybridized carbons (Fsp3) is 0.200. The summed E-state index contributed by atoms with van der Waals surface area (Å²) in [6, 6.07) is 29.7. The quantitative estimate of drug-likeness (QED) is 0.669. The molecule has 0 spiro atoms. The molecule has 1 aliphatic rings. The van der Waals surface area contributed by atoms with Crippen molar-refractivity contribution in [3.8, 4) is 0 Å². The highest BCUT2D eigenvalue weighted by Gasteiger charge is 2.51. The molecule has 0 saturated carbocycles. The minimum Gasteiger partial charge on any atom is -0.479 e. The van der Waals surface area contributed by atoms with Gasteiger partial charge in [0.15, 0.2) is 5.54 Å².